The zero-order chi connectivity index (χ0) is 11.5. The Morgan fingerprint density at radius 1 is 1.38 bits per heavy atom. The summed E-state index contributed by atoms with van der Waals surface area (Å²) in [5, 5.41) is 0. The van der Waals surface area contributed by atoms with Crippen molar-refractivity contribution in [2.75, 3.05) is 0 Å². The average Bonchev–Trinajstić information content (AvgIpc) is 2.59. The molecule has 2 aromatic heterocycles. The van der Waals surface area contributed by atoms with Crippen molar-refractivity contribution in [2.45, 2.75) is 39.2 Å². The van der Waals surface area contributed by atoms with Gasteiger partial charge in [-0.25, -0.2) is 4.98 Å². The summed E-state index contributed by atoms with van der Waals surface area (Å²) in [6.45, 7) is 4.06. The molecule has 0 bridgehead atoms. The van der Waals surface area contributed by atoms with Crippen LogP contribution in [0.2, 0.25) is 0 Å². The summed E-state index contributed by atoms with van der Waals surface area (Å²) in [7, 11) is 0. The molecule has 16 heavy (non-hydrogen) atoms. The third-order valence-corrected chi connectivity index (χ3v) is 2.53. The quantitative estimate of drug-likeness (QED) is 0.856. The van der Waals surface area contributed by atoms with Gasteiger partial charge in [-0.3, -0.25) is 0 Å². The van der Waals surface area contributed by atoms with Gasteiger partial charge in [-0.1, -0.05) is 13.3 Å². The van der Waals surface area contributed by atoms with E-state index in [-0.39, 0.29) is 6.04 Å². The first kappa shape index (κ1) is 11.1. The predicted molar refractivity (Wildman–Crippen MR) is 63.1 cm³/mol. The number of nitrogens with two attached hydrogens (primary N) is 1. The maximum atomic E-state index is 5.95. The van der Waals surface area contributed by atoms with Crippen molar-refractivity contribution in [3.63, 3.8) is 0 Å². The molecule has 0 fully saturated rings. The highest BCUT2D eigenvalue weighted by molar-refractivity contribution is 5.67. The van der Waals surface area contributed by atoms with Gasteiger partial charge in [0.05, 0.1) is 0 Å². The maximum absolute atomic E-state index is 5.95. The average molecular weight is 219 g/mol. The van der Waals surface area contributed by atoms with Crippen LogP contribution >= 0.6 is 0 Å². The fourth-order valence-corrected chi connectivity index (χ4v) is 1.74. The fourth-order valence-electron chi connectivity index (χ4n) is 1.74. The topological polar surface area (TPSA) is 64.9 Å². The molecule has 2 heterocycles. The number of oxazole rings is 1. The molecule has 1 unspecified atom stereocenters. The van der Waals surface area contributed by atoms with Gasteiger partial charge in [-0.2, -0.15) is 4.98 Å². The third kappa shape index (κ3) is 2.39. The minimum Gasteiger partial charge on any atom is -0.439 e. The zero-order valence-electron chi connectivity index (χ0n) is 9.73. The van der Waals surface area contributed by atoms with Crippen molar-refractivity contribution < 1.29 is 4.42 Å². The van der Waals surface area contributed by atoms with Crippen LogP contribution in [0.5, 0.6) is 0 Å². The number of hydrogen-bond acceptors (Lipinski definition) is 4. The Morgan fingerprint density at radius 2 is 2.19 bits per heavy atom. The van der Waals surface area contributed by atoms with Crippen LogP contribution in [0.3, 0.4) is 0 Å². The van der Waals surface area contributed by atoms with E-state index in [1.54, 1.807) is 0 Å². The van der Waals surface area contributed by atoms with E-state index in [2.05, 4.69) is 16.9 Å². The smallest absolute Gasteiger partial charge is 0.199 e. The summed E-state index contributed by atoms with van der Waals surface area (Å²) < 4.78 is 5.59. The number of fused-ring (bicyclic) bond motifs is 1. The van der Waals surface area contributed by atoms with E-state index in [9.17, 15) is 0 Å². The lowest BCUT2D eigenvalue weighted by molar-refractivity contribution is 0.481. The molecule has 4 nitrogen and oxygen atoms in total. The molecular weight excluding hydrogens is 202 g/mol. The SMILES string of the molecule is CCCC(N)Cc1nc2nc(C)ccc2o1. The van der Waals surface area contributed by atoms with Crippen molar-refractivity contribution in [1.29, 1.82) is 0 Å². The Hall–Kier alpha value is -1.42. The third-order valence-electron chi connectivity index (χ3n) is 2.53. The Balaban J connectivity index is 2.19. The molecule has 0 amide bonds. The van der Waals surface area contributed by atoms with E-state index < -0.39 is 0 Å². The van der Waals surface area contributed by atoms with E-state index in [0.717, 1.165) is 24.1 Å². The minimum absolute atomic E-state index is 0.124. The van der Waals surface area contributed by atoms with Crippen LogP contribution in [-0.2, 0) is 6.42 Å². The standard InChI is InChI=1S/C12H17N3O/c1-3-4-9(13)7-11-15-12-10(16-11)6-5-8(2)14-12/h5-6,9H,3-4,7,13H2,1-2H3. The number of pyridine rings is 1. The fraction of sp³-hybridized carbons (Fsp3) is 0.500. The number of rotatable bonds is 4. The molecule has 2 aromatic rings. The van der Waals surface area contributed by atoms with Crippen molar-refractivity contribution in [2.24, 2.45) is 5.73 Å². The van der Waals surface area contributed by atoms with Crippen LogP contribution in [0.15, 0.2) is 16.5 Å². The van der Waals surface area contributed by atoms with Crippen LogP contribution in [0.1, 0.15) is 31.4 Å². The highest BCUT2D eigenvalue weighted by Gasteiger charge is 2.10. The molecule has 0 saturated heterocycles. The number of nitrogens with zero attached hydrogens (tertiary/aromatic N) is 2. The van der Waals surface area contributed by atoms with Crippen LogP contribution in [-0.4, -0.2) is 16.0 Å². The van der Waals surface area contributed by atoms with Gasteiger partial charge in [-0.15, -0.1) is 0 Å². The first-order valence-corrected chi connectivity index (χ1v) is 5.67. The minimum atomic E-state index is 0.124. The summed E-state index contributed by atoms with van der Waals surface area (Å²) in [4.78, 5) is 8.64. The maximum Gasteiger partial charge on any atom is 0.199 e. The molecule has 0 aliphatic heterocycles. The zero-order valence-corrected chi connectivity index (χ0v) is 9.73. The van der Waals surface area contributed by atoms with E-state index in [1.807, 2.05) is 19.1 Å². The van der Waals surface area contributed by atoms with E-state index in [1.165, 1.54) is 0 Å². The molecule has 2 rings (SSSR count). The lowest BCUT2D eigenvalue weighted by atomic mass is 10.1. The van der Waals surface area contributed by atoms with Crippen LogP contribution in [0.25, 0.3) is 11.2 Å². The van der Waals surface area contributed by atoms with Gasteiger partial charge < -0.3 is 10.2 Å². The Labute approximate surface area is 94.9 Å². The van der Waals surface area contributed by atoms with Crippen molar-refractivity contribution in [1.82, 2.24) is 9.97 Å². The molecule has 4 heteroatoms. The molecule has 0 saturated carbocycles. The van der Waals surface area contributed by atoms with Gasteiger partial charge in [0, 0.05) is 18.2 Å². The monoisotopic (exact) mass is 219 g/mol. The summed E-state index contributed by atoms with van der Waals surface area (Å²) in [5.41, 5.74) is 8.32. The van der Waals surface area contributed by atoms with Crippen LogP contribution in [0.4, 0.5) is 0 Å². The summed E-state index contributed by atoms with van der Waals surface area (Å²) in [6.07, 6.45) is 2.76. The van der Waals surface area contributed by atoms with E-state index >= 15 is 0 Å². The first-order chi connectivity index (χ1) is 7.69. The molecule has 0 aliphatic carbocycles. The number of aryl methyl sites for hydroxylation is 1. The second-order valence-electron chi connectivity index (χ2n) is 4.13. The molecule has 2 N–H and O–H groups in total. The van der Waals surface area contributed by atoms with E-state index in [0.29, 0.717) is 18.0 Å². The second-order valence-corrected chi connectivity index (χ2v) is 4.13. The number of aromatic nitrogens is 2. The highest BCUT2D eigenvalue weighted by Crippen LogP contribution is 2.15. The highest BCUT2D eigenvalue weighted by atomic mass is 16.3. The molecule has 1 atom stereocenters. The summed E-state index contributed by atoms with van der Waals surface area (Å²) in [6, 6.07) is 3.95. The Kier molecular flexibility index (Phi) is 3.19. The van der Waals surface area contributed by atoms with Gasteiger partial charge in [0.2, 0.25) is 0 Å². The predicted octanol–water partition coefficient (Wildman–Crippen LogP) is 2.20. The normalized spacial score (nSPS) is 13.2. The Bertz CT molecular complexity index is 478. The Morgan fingerprint density at radius 3 is 2.94 bits per heavy atom. The van der Waals surface area contributed by atoms with Crippen LogP contribution in [0, 0.1) is 6.92 Å². The summed E-state index contributed by atoms with van der Waals surface area (Å²) in [5.74, 6) is 0.689. The molecule has 86 valence electrons. The molecule has 0 aromatic carbocycles. The van der Waals surface area contributed by atoms with Gasteiger partial charge >= 0.3 is 0 Å². The van der Waals surface area contributed by atoms with Gasteiger partial charge in [0.1, 0.15) is 0 Å². The van der Waals surface area contributed by atoms with Gasteiger partial charge in [0.15, 0.2) is 17.1 Å². The largest absolute Gasteiger partial charge is 0.439 e. The van der Waals surface area contributed by atoms with Gasteiger partial charge in [0.25, 0.3) is 0 Å². The summed E-state index contributed by atoms with van der Waals surface area (Å²) >= 11 is 0. The van der Waals surface area contributed by atoms with Crippen LogP contribution < -0.4 is 5.73 Å². The molecule has 0 aliphatic rings. The van der Waals surface area contributed by atoms with Crippen molar-refractivity contribution >= 4 is 11.2 Å². The lowest BCUT2D eigenvalue weighted by Gasteiger charge is -2.05. The number of hydrogen-bond donors (Lipinski definition) is 1. The lowest BCUT2D eigenvalue weighted by Crippen LogP contribution is -2.22. The van der Waals surface area contributed by atoms with Crippen molar-refractivity contribution in [3.8, 4) is 0 Å². The van der Waals surface area contributed by atoms with Gasteiger partial charge in [-0.05, 0) is 25.5 Å². The molecular formula is C12H17N3O. The first-order valence-electron chi connectivity index (χ1n) is 5.67. The van der Waals surface area contributed by atoms with E-state index in [4.69, 9.17) is 10.2 Å². The van der Waals surface area contributed by atoms with Crippen molar-refractivity contribution in [3.05, 3.63) is 23.7 Å². The molecule has 0 radical (unpaired) electrons. The molecule has 0 spiro atoms. The second kappa shape index (κ2) is 4.61.